The molecule has 0 radical (unpaired) electrons. The summed E-state index contributed by atoms with van der Waals surface area (Å²) >= 11 is 0. The Balaban J connectivity index is 5.44. The first-order valence-electron chi connectivity index (χ1n) is 40.1. The highest BCUT2D eigenvalue weighted by Gasteiger charge is 2.30. The molecule has 0 aliphatic carbocycles. The van der Waals surface area contributed by atoms with Crippen molar-refractivity contribution in [2.75, 3.05) is 39.6 Å². The average molecular weight is 1500 g/mol. The van der Waals surface area contributed by atoms with Gasteiger partial charge in [0, 0.05) is 25.7 Å². The van der Waals surface area contributed by atoms with Crippen LogP contribution in [0.1, 0.15) is 310 Å². The van der Waals surface area contributed by atoms with Crippen molar-refractivity contribution in [3.63, 3.8) is 0 Å². The lowest BCUT2D eigenvalue weighted by Gasteiger charge is -2.21. The molecule has 0 aliphatic heterocycles. The summed E-state index contributed by atoms with van der Waals surface area (Å²) in [5, 5.41) is 10.6. The fourth-order valence-electron chi connectivity index (χ4n) is 10.3. The van der Waals surface area contributed by atoms with E-state index in [1.165, 1.54) is 38.5 Å². The first kappa shape index (κ1) is 98.9. The summed E-state index contributed by atoms with van der Waals surface area (Å²) in [7, 11) is -9.99. The second kappa shape index (κ2) is 76.1. The van der Waals surface area contributed by atoms with Crippen LogP contribution in [-0.4, -0.2) is 96.7 Å². The lowest BCUT2D eigenvalue weighted by atomic mass is 10.1. The predicted molar refractivity (Wildman–Crippen MR) is 427 cm³/mol. The number of hydrogen-bond acceptors (Lipinski definition) is 15. The van der Waals surface area contributed by atoms with Gasteiger partial charge in [-0.25, -0.2) is 9.13 Å². The fraction of sp³-hybridized carbons (Fsp3) is 0.671. The van der Waals surface area contributed by atoms with E-state index < -0.39 is 97.5 Å². The number of carbonyl (C=O) groups is 4. The van der Waals surface area contributed by atoms with Gasteiger partial charge in [-0.1, -0.05) is 270 Å². The minimum atomic E-state index is -5.00. The zero-order valence-electron chi connectivity index (χ0n) is 64.9. The normalized spacial score (nSPS) is 14.6. The van der Waals surface area contributed by atoms with Crippen LogP contribution in [0.5, 0.6) is 0 Å². The standard InChI is InChI=1S/C85H142O17P2/c1-5-9-13-17-21-25-29-33-37-39-43-46-50-54-58-62-66-70-83(88)96-76-81(102-85(90)72-68-64-60-56-52-48-44-40-38-34-30-26-22-18-14-10-6-2)78-100-104(93,94)98-74-79(86)73-97-103(91,92)99-77-80(101-84(89)71-67-63-59-55-51-47-42-36-32-28-24-20-16-12-8-4)75-95-82(87)69-65-61-57-53-49-45-41-35-31-27-23-19-15-11-7-3/h9-11,13-15,21-23,25-27,33-38,41-44,46,48,79-81,86H,5-8,12,16-20,24,28-32,39-40,45,47,49-78H2,1-4H3,(H,91,92)(H,93,94)/b13-9-,14-10-,15-11-,25-21-,26-22-,27-23-,37-33-,38-34-,41-35-,42-36-,46-43-,48-44-. The molecule has 0 aliphatic rings. The third-order valence-electron chi connectivity index (χ3n) is 16.3. The van der Waals surface area contributed by atoms with Gasteiger partial charge in [0.2, 0.25) is 0 Å². The molecule has 104 heavy (non-hydrogen) atoms. The largest absolute Gasteiger partial charge is 0.472 e. The van der Waals surface area contributed by atoms with Crippen LogP contribution in [0.2, 0.25) is 0 Å². The van der Waals surface area contributed by atoms with Gasteiger partial charge in [-0.05, 0) is 161 Å². The molecule has 5 unspecified atom stereocenters. The van der Waals surface area contributed by atoms with Crippen LogP contribution >= 0.6 is 15.6 Å². The third kappa shape index (κ3) is 75.2. The van der Waals surface area contributed by atoms with Gasteiger partial charge in [-0.3, -0.25) is 37.3 Å². The number of esters is 4. The Hall–Kier alpha value is -5.06. The molecular formula is C85H142O17P2. The molecule has 17 nitrogen and oxygen atoms in total. The molecule has 0 heterocycles. The summed E-state index contributed by atoms with van der Waals surface area (Å²) in [5.74, 6) is -2.26. The highest BCUT2D eigenvalue weighted by Crippen LogP contribution is 2.45. The summed E-state index contributed by atoms with van der Waals surface area (Å²) in [5.41, 5.74) is 0. The molecule has 0 aromatic carbocycles. The van der Waals surface area contributed by atoms with E-state index in [1.807, 2.05) is 0 Å². The van der Waals surface area contributed by atoms with Gasteiger partial charge in [0.15, 0.2) is 12.2 Å². The minimum absolute atomic E-state index is 0.0565. The smallest absolute Gasteiger partial charge is 0.462 e. The predicted octanol–water partition coefficient (Wildman–Crippen LogP) is 23.4. The monoisotopic (exact) mass is 1500 g/mol. The van der Waals surface area contributed by atoms with E-state index in [9.17, 15) is 43.2 Å². The van der Waals surface area contributed by atoms with Crippen molar-refractivity contribution in [1.29, 1.82) is 0 Å². The minimum Gasteiger partial charge on any atom is -0.462 e. The number of ether oxygens (including phenoxy) is 4. The molecule has 0 spiro atoms. The van der Waals surface area contributed by atoms with Gasteiger partial charge < -0.3 is 33.8 Å². The first-order valence-corrected chi connectivity index (χ1v) is 43.1. The lowest BCUT2D eigenvalue weighted by molar-refractivity contribution is -0.161. The Morgan fingerprint density at radius 1 is 0.279 bits per heavy atom. The highest BCUT2D eigenvalue weighted by molar-refractivity contribution is 7.47. The number of phosphoric acid groups is 2. The summed E-state index contributed by atoms with van der Waals surface area (Å²) in [6.07, 6.45) is 86.8. The lowest BCUT2D eigenvalue weighted by Crippen LogP contribution is -2.30. The van der Waals surface area contributed by atoms with Crippen molar-refractivity contribution in [1.82, 2.24) is 0 Å². The number of rotatable bonds is 74. The topological polar surface area (TPSA) is 237 Å². The Labute approximate surface area is 630 Å². The average Bonchev–Trinajstić information content (AvgIpc) is 0.926. The molecule has 3 N–H and O–H groups in total. The fourth-order valence-corrected chi connectivity index (χ4v) is 11.8. The van der Waals surface area contributed by atoms with Crippen LogP contribution in [0.25, 0.3) is 0 Å². The first-order chi connectivity index (χ1) is 50.7. The van der Waals surface area contributed by atoms with Gasteiger partial charge in [0.05, 0.1) is 26.4 Å². The van der Waals surface area contributed by atoms with Crippen molar-refractivity contribution in [3.8, 4) is 0 Å². The van der Waals surface area contributed by atoms with E-state index in [0.717, 1.165) is 193 Å². The van der Waals surface area contributed by atoms with Gasteiger partial charge in [-0.2, -0.15) is 0 Å². The van der Waals surface area contributed by atoms with Crippen LogP contribution in [-0.2, 0) is 65.4 Å². The van der Waals surface area contributed by atoms with Crippen LogP contribution in [0, 0.1) is 0 Å². The van der Waals surface area contributed by atoms with Crippen molar-refractivity contribution in [2.24, 2.45) is 0 Å². The van der Waals surface area contributed by atoms with Crippen LogP contribution in [0.15, 0.2) is 146 Å². The number of hydrogen-bond donors (Lipinski definition) is 3. The van der Waals surface area contributed by atoms with E-state index >= 15 is 0 Å². The molecule has 5 atom stereocenters. The molecule has 0 aromatic heterocycles. The number of unbranched alkanes of at least 4 members (excludes halogenated alkanes) is 24. The quantitative estimate of drug-likeness (QED) is 0.0169. The van der Waals surface area contributed by atoms with Crippen LogP contribution in [0.4, 0.5) is 0 Å². The molecule has 0 bridgehead atoms. The Bertz CT molecular complexity index is 2540. The molecule has 0 fully saturated rings. The summed E-state index contributed by atoms with van der Waals surface area (Å²) < 4.78 is 68.6. The molecule has 0 rings (SSSR count). The molecular weight excluding hydrogens is 1350 g/mol. The third-order valence-corrected chi connectivity index (χ3v) is 18.2. The Kier molecular flexibility index (Phi) is 72.4. The molecule has 594 valence electrons. The summed E-state index contributed by atoms with van der Waals surface area (Å²) in [6.45, 7) is 4.45. The van der Waals surface area contributed by atoms with Gasteiger partial charge in [-0.15, -0.1) is 0 Å². The number of aliphatic hydroxyl groups excluding tert-OH is 1. The Morgan fingerprint density at radius 2 is 0.500 bits per heavy atom. The maximum atomic E-state index is 13.1. The second-order valence-corrected chi connectivity index (χ2v) is 29.1. The van der Waals surface area contributed by atoms with E-state index in [2.05, 4.69) is 174 Å². The molecule has 0 saturated heterocycles. The van der Waals surface area contributed by atoms with Crippen molar-refractivity contribution >= 4 is 39.5 Å². The zero-order valence-corrected chi connectivity index (χ0v) is 66.7. The van der Waals surface area contributed by atoms with Gasteiger partial charge >= 0.3 is 39.5 Å². The number of allylic oxidation sites excluding steroid dienone is 24. The maximum absolute atomic E-state index is 13.1. The number of phosphoric ester groups is 2. The Morgan fingerprint density at radius 3 is 0.779 bits per heavy atom. The molecule has 0 saturated carbocycles. The van der Waals surface area contributed by atoms with Crippen LogP contribution < -0.4 is 0 Å². The van der Waals surface area contributed by atoms with E-state index in [1.54, 1.807) is 0 Å². The highest BCUT2D eigenvalue weighted by atomic mass is 31.2. The van der Waals surface area contributed by atoms with Crippen molar-refractivity contribution < 1.29 is 80.2 Å². The molecule has 0 amide bonds. The molecule has 0 aromatic rings. The second-order valence-electron chi connectivity index (χ2n) is 26.2. The molecule has 19 heteroatoms. The zero-order chi connectivity index (χ0) is 76.0. The summed E-state index contributed by atoms with van der Waals surface area (Å²) in [4.78, 5) is 73.1. The van der Waals surface area contributed by atoms with Crippen molar-refractivity contribution in [3.05, 3.63) is 146 Å². The van der Waals surface area contributed by atoms with Gasteiger partial charge in [0.1, 0.15) is 19.3 Å². The van der Waals surface area contributed by atoms with E-state index in [4.69, 9.17) is 37.0 Å². The number of carbonyl (C=O) groups excluding carboxylic acids is 4. The SMILES string of the molecule is CC/C=C\C/C=C\C/C=C\C/C=C\CCCCCCC(=O)OCC(COP(=O)(O)OCC(O)COP(=O)(O)OCC(COC(=O)CCCCCCC/C=C\C/C=C\C/C=C\CC)OC(=O)CCCCCCC/C=C\CCCCCCCC)OC(=O)CCCCCC/C=C\C/C=C\C/C=C\C/C=C\CC. The van der Waals surface area contributed by atoms with E-state index in [-0.39, 0.29) is 25.7 Å². The van der Waals surface area contributed by atoms with Gasteiger partial charge in [0.25, 0.3) is 0 Å². The van der Waals surface area contributed by atoms with Crippen LogP contribution in [0.3, 0.4) is 0 Å². The van der Waals surface area contributed by atoms with Crippen molar-refractivity contribution in [2.45, 2.75) is 329 Å². The number of aliphatic hydroxyl groups is 1. The van der Waals surface area contributed by atoms with E-state index in [0.29, 0.717) is 25.7 Å². The summed E-state index contributed by atoms with van der Waals surface area (Å²) in [6, 6.07) is 0. The maximum Gasteiger partial charge on any atom is 0.472 e.